The average molecular weight is 352 g/mol. The summed E-state index contributed by atoms with van der Waals surface area (Å²) in [6.45, 7) is 6.79. The molecular weight excluding hydrogens is 328 g/mol. The van der Waals surface area contributed by atoms with E-state index < -0.39 is 0 Å². The number of rotatable bonds is 3. The lowest BCUT2D eigenvalue weighted by atomic mass is 10.2. The molecule has 2 fully saturated rings. The Hall–Kier alpha value is -2.70. The van der Waals surface area contributed by atoms with Crippen molar-refractivity contribution in [1.82, 2.24) is 19.9 Å². The predicted octanol–water partition coefficient (Wildman–Crippen LogP) is 1.74. The second kappa shape index (κ2) is 7.27. The molecule has 4 heterocycles. The van der Waals surface area contributed by atoms with Crippen LogP contribution in [0.5, 0.6) is 0 Å². The number of aryl methyl sites for hydroxylation is 1. The van der Waals surface area contributed by atoms with Gasteiger partial charge < -0.3 is 14.7 Å². The van der Waals surface area contributed by atoms with E-state index in [-0.39, 0.29) is 5.91 Å². The third kappa shape index (κ3) is 3.47. The first-order chi connectivity index (χ1) is 12.7. The van der Waals surface area contributed by atoms with Crippen LogP contribution in [0.3, 0.4) is 0 Å². The molecule has 1 amide bonds. The maximum absolute atomic E-state index is 12.9. The van der Waals surface area contributed by atoms with Crippen LogP contribution < -0.4 is 9.80 Å². The van der Waals surface area contributed by atoms with Crippen molar-refractivity contribution in [3.05, 3.63) is 42.0 Å². The molecule has 0 radical (unpaired) electrons. The van der Waals surface area contributed by atoms with Crippen molar-refractivity contribution in [3.8, 4) is 0 Å². The minimum atomic E-state index is -0.00313. The molecule has 136 valence electrons. The Kier molecular flexibility index (Phi) is 4.69. The summed E-state index contributed by atoms with van der Waals surface area (Å²) in [5.74, 6) is 2.50. The Labute approximate surface area is 153 Å². The molecule has 26 heavy (non-hydrogen) atoms. The van der Waals surface area contributed by atoms with Gasteiger partial charge in [0.1, 0.15) is 23.2 Å². The van der Waals surface area contributed by atoms with Crippen molar-refractivity contribution >= 4 is 17.5 Å². The maximum Gasteiger partial charge on any atom is 0.272 e. The molecule has 0 N–H and O–H groups in total. The van der Waals surface area contributed by atoms with Gasteiger partial charge >= 0.3 is 0 Å². The number of carbonyl (C=O) groups is 1. The Balaban J connectivity index is 1.45. The first-order valence-corrected chi connectivity index (χ1v) is 9.26. The number of pyridine rings is 1. The van der Waals surface area contributed by atoms with Crippen molar-refractivity contribution in [2.75, 3.05) is 49.1 Å². The predicted molar refractivity (Wildman–Crippen MR) is 101 cm³/mol. The van der Waals surface area contributed by atoms with Crippen LogP contribution in [0.25, 0.3) is 0 Å². The molecule has 0 unspecified atom stereocenters. The molecule has 0 spiro atoms. The molecule has 4 rings (SSSR count). The minimum Gasteiger partial charge on any atom is -0.356 e. The number of aromatic nitrogens is 3. The zero-order valence-corrected chi connectivity index (χ0v) is 15.1. The summed E-state index contributed by atoms with van der Waals surface area (Å²) in [6.07, 6.45) is 4.17. The van der Waals surface area contributed by atoms with Crippen LogP contribution in [0.1, 0.15) is 29.2 Å². The van der Waals surface area contributed by atoms with Crippen LogP contribution >= 0.6 is 0 Å². The Morgan fingerprint density at radius 3 is 2.35 bits per heavy atom. The molecular formula is C19H24N6O. The first-order valence-electron chi connectivity index (χ1n) is 9.26. The molecule has 0 bridgehead atoms. The number of anilines is 2. The molecule has 2 aromatic rings. The Morgan fingerprint density at radius 2 is 1.65 bits per heavy atom. The second-order valence-electron chi connectivity index (χ2n) is 6.82. The number of hydrogen-bond donors (Lipinski definition) is 0. The van der Waals surface area contributed by atoms with Crippen molar-refractivity contribution in [1.29, 1.82) is 0 Å². The Morgan fingerprint density at radius 1 is 0.923 bits per heavy atom. The van der Waals surface area contributed by atoms with Crippen LogP contribution in [0.15, 0.2) is 30.5 Å². The van der Waals surface area contributed by atoms with E-state index in [1.54, 1.807) is 6.20 Å². The summed E-state index contributed by atoms with van der Waals surface area (Å²) >= 11 is 0. The molecule has 0 saturated carbocycles. The number of amides is 1. The third-order valence-electron chi connectivity index (χ3n) is 5.01. The van der Waals surface area contributed by atoms with Gasteiger partial charge in [0.2, 0.25) is 0 Å². The van der Waals surface area contributed by atoms with E-state index in [4.69, 9.17) is 0 Å². The lowest BCUT2D eigenvalue weighted by Crippen LogP contribution is -2.49. The van der Waals surface area contributed by atoms with Gasteiger partial charge in [-0.1, -0.05) is 6.07 Å². The number of hydrogen-bond acceptors (Lipinski definition) is 6. The van der Waals surface area contributed by atoms with Crippen molar-refractivity contribution in [3.63, 3.8) is 0 Å². The van der Waals surface area contributed by atoms with Gasteiger partial charge in [0.05, 0.1) is 0 Å². The van der Waals surface area contributed by atoms with E-state index >= 15 is 0 Å². The van der Waals surface area contributed by atoms with Gasteiger partial charge in [0, 0.05) is 51.5 Å². The Bertz CT molecular complexity index is 767. The normalized spacial score (nSPS) is 17.7. The van der Waals surface area contributed by atoms with Crippen LogP contribution in [-0.4, -0.2) is 65.0 Å². The average Bonchev–Trinajstić information content (AvgIpc) is 3.23. The fourth-order valence-electron chi connectivity index (χ4n) is 3.61. The summed E-state index contributed by atoms with van der Waals surface area (Å²) in [5.41, 5.74) is 0.505. The quantitative estimate of drug-likeness (QED) is 0.838. The summed E-state index contributed by atoms with van der Waals surface area (Å²) in [5, 5.41) is 0. The standard InChI is InChI=1S/C19H24N6O/c1-15-21-16(14-18(22-15)23-8-4-5-9-23)19(26)25-12-10-24(11-13-25)17-6-2-3-7-20-17/h2-3,6-7,14H,4-5,8-13H2,1H3. The van der Waals surface area contributed by atoms with E-state index in [0.29, 0.717) is 24.6 Å². The van der Waals surface area contributed by atoms with E-state index in [0.717, 1.165) is 37.8 Å². The lowest BCUT2D eigenvalue weighted by molar-refractivity contribution is 0.0740. The van der Waals surface area contributed by atoms with Crippen molar-refractivity contribution in [2.45, 2.75) is 19.8 Å². The highest BCUT2D eigenvalue weighted by molar-refractivity contribution is 5.93. The zero-order chi connectivity index (χ0) is 17.9. The van der Waals surface area contributed by atoms with Gasteiger partial charge in [-0.25, -0.2) is 15.0 Å². The fraction of sp³-hybridized carbons (Fsp3) is 0.474. The highest BCUT2D eigenvalue weighted by Gasteiger charge is 2.25. The van der Waals surface area contributed by atoms with E-state index in [2.05, 4.69) is 24.8 Å². The number of piperazine rings is 1. The molecule has 7 nitrogen and oxygen atoms in total. The largest absolute Gasteiger partial charge is 0.356 e. The second-order valence-corrected chi connectivity index (χ2v) is 6.82. The van der Waals surface area contributed by atoms with E-state index in [1.165, 1.54) is 12.8 Å². The summed E-state index contributed by atoms with van der Waals surface area (Å²) in [7, 11) is 0. The van der Waals surface area contributed by atoms with E-state index in [1.807, 2.05) is 36.1 Å². The van der Waals surface area contributed by atoms with E-state index in [9.17, 15) is 4.79 Å². The summed E-state index contributed by atoms with van der Waals surface area (Å²) in [4.78, 5) is 32.6. The first kappa shape index (κ1) is 16.8. The van der Waals surface area contributed by atoms with Crippen molar-refractivity contribution in [2.24, 2.45) is 0 Å². The van der Waals surface area contributed by atoms with Crippen LogP contribution in [0.4, 0.5) is 11.6 Å². The summed E-state index contributed by atoms with van der Waals surface area (Å²) < 4.78 is 0. The molecule has 2 aliphatic heterocycles. The maximum atomic E-state index is 12.9. The molecule has 2 aromatic heterocycles. The molecule has 2 saturated heterocycles. The SMILES string of the molecule is Cc1nc(C(=O)N2CCN(c3ccccn3)CC2)cc(N2CCCC2)n1. The van der Waals surface area contributed by atoms with Gasteiger partial charge in [-0.05, 0) is 31.9 Å². The van der Waals surface area contributed by atoms with Crippen LogP contribution in [0.2, 0.25) is 0 Å². The number of nitrogens with zero attached hydrogens (tertiary/aromatic N) is 6. The molecule has 0 aliphatic carbocycles. The van der Waals surface area contributed by atoms with Gasteiger partial charge in [0.25, 0.3) is 5.91 Å². The minimum absolute atomic E-state index is 0.00313. The van der Waals surface area contributed by atoms with Crippen molar-refractivity contribution < 1.29 is 4.79 Å². The van der Waals surface area contributed by atoms with Gasteiger partial charge in [-0.3, -0.25) is 4.79 Å². The monoisotopic (exact) mass is 352 g/mol. The molecule has 7 heteroatoms. The smallest absolute Gasteiger partial charge is 0.272 e. The van der Waals surface area contributed by atoms with Gasteiger partial charge in [0.15, 0.2) is 0 Å². The topological polar surface area (TPSA) is 65.5 Å². The highest BCUT2D eigenvalue weighted by Crippen LogP contribution is 2.20. The number of carbonyl (C=O) groups excluding carboxylic acids is 1. The third-order valence-corrected chi connectivity index (χ3v) is 5.01. The van der Waals surface area contributed by atoms with Gasteiger partial charge in [-0.15, -0.1) is 0 Å². The molecule has 2 aliphatic rings. The van der Waals surface area contributed by atoms with Gasteiger partial charge in [-0.2, -0.15) is 0 Å². The fourth-order valence-corrected chi connectivity index (χ4v) is 3.61. The molecule has 0 aromatic carbocycles. The zero-order valence-electron chi connectivity index (χ0n) is 15.1. The highest BCUT2D eigenvalue weighted by atomic mass is 16.2. The summed E-state index contributed by atoms with van der Waals surface area (Å²) in [6, 6.07) is 7.77. The van der Waals surface area contributed by atoms with Crippen LogP contribution in [0, 0.1) is 6.92 Å². The molecule has 0 atom stereocenters. The lowest BCUT2D eigenvalue weighted by Gasteiger charge is -2.35. The van der Waals surface area contributed by atoms with Crippen LogP contribution in [-0.2, 0) is 0 Å².